The maximum Gasteiger partial charge on any atom is 0.337 e. The predicted molar refractivity (Wildman–Crippen MR) is 109 cm³/mol. The Bertz CT molecular complexity index is 1130. The zero-order valence-electron chi connectivity index (χ0n) is 16.2. The summed E-state index contributed by atoms with van der Waals surface area (Å²) in [6.07, 6.45) is 0. The predicted octanol–water partition coefficient (Wildman–Crippen LogP) is 3.92. The van der Waals surface area contributed by atoms with E-state index in [2.05, 4.69) is 0 Å². The molecule has 156 valence electrons. The number of methoxy groups -OCH3 is 1. The number of carboxylic acid groups (broad SMARTS) is 1. The van der Waals surface area contributed by atoms with Gasteiger partial charge in [0.2, 0.25) is 10.0 Å². The number of rotatable bonds is 8. The molecular formula is C22H20FNO5S. The van der Waals surface area contributed by atoms with Crippen molar-refractivity contribution in [2.45, 2.75) is 18.0 Å². The van der Waals surface area contributed by atoms with Crippen LogP contribution >= 0.6 is 0 Å². The molecule has 0 saturated heterocycles. The fraction of sp³-hybridized carbons (Fsp3) is 0.136. The van der Waals surface area contributed by atoms with Gasteiger partial charge in [-0.2, -0.15) is 4.31 Å². The van der Waals surface area contributed by atoms with Crippen molar-refractivity contribution >= 4 is 16.0 Å². The van der Waals surface area contributed by atoms with Crippen molar-refractivity contribution in [3.63, 3.8) is 0 Å². The minimum absolute atomic E-state index is 0.00232. The minimum Gasteiger partial charge on any atom is -0.497 e. The highest BCUT2D eigenvalue weighted by atomic mass is 32.2. The smallest absolute Gasteiger partial charge is 0.337 e. The summed E-state index contributed by atoms with van der Waals surface area (Å²) in [6, 6.07) is 17.8. The molecule has 0 unspecified atom stereocenters. The summed E-state index contributed by atoms with van der Waals surface area (Å²) < 4.78 is 46.4. The average Bonchev–Trinajstić information content (AvgIpc) is 2.75. The summed E-state index contributed by atoms with van der Waals surface area (Å²) in [5, 5.41) is 9.44. The number of nitrogens with zero attached hydrogens (tertiary/aromatic N) is 1. The molecule has 0 amide bonds. The number of sulfonamides is 1. The third-order valence-corrected chi connectivity index (χ3v) is 6.38. The van der Waals surface area contributed by atoms with E-state index >= 15 is 0 Å². The number of halogens is 1. The monoisotopic (exact) mass is 429 g/mol. The molecule has 0 aliphatic rings. The molecule has 30 heavy (non-hydrogen) atoms. The lowest BCUT2D eigenvalue weighted by Crippen LogP contribution is -2.31. The molecule has 6 nitrogen and oxygen atoms in total. The molecule has 0 heterocycles. The largest absolute Gasteiger partial charge is 0.497 e. The van der Waals surface area contributed by atoms with Crippen LogP contribution < -0.4 is 4.74 Å². The summed E-state index contributed by atoms with van der Waals surface area (Å²) in [4.78, 5) is 11.3. The fourth-order valence-corrected chi connectivity index (χ4v) is 4.56. The molecule has 3 rings (SSSR count). The summed E-state index contributed by atoms with van der Waals surface area (Å²) in [7, 11) is -2.64. The van der Waals surface area contributed by atoms with Gasteiger partial charge in [-0.3, -0.25) is 0 Å². The van der Waals surface area contributed by atoms with Crippen molar-refractivity contribution < 1.29 is 27.4 Å². The molecule has 3 aromatic rings. The van der Waals surface area contributed by atoms with Gasteiger partial charge >= 0.3 is 5.97 Å². The highest BCUT2D eigenvalue weighted by molar-refractivity contribution is 7.89. The lowest BCUT2D eigenvalue weighted by molar-refractivity contribution is 0.0692. The van der Waals surface area contributed by atoms with Gasteiger partial charge in [-0.15, -0.1) is 0 Å². The Morgan fingerprint density at radius 3 is 2.00 bits per heavy atom. The Hall–Kier alpha value is -3.23. The number of ether oxygens (including phenoxy) is 1. The van der Waals surface area contributed by atoms with Crippen molar-refractivity contribution in [2.75, 3.05) is 7.11 Å². The highest BCUT2D eigenvalue weighted by Crippen LogP contribution is 2.25. The first-order valence-electron chi connectivity index (χ1n) is 9.01. The normalized spacial score (nSPS) is 11.4. The van der Waals surface area contributed by atoms with Crippen LogP contribution in [0.1, 0.15) is 21.5 Å². The third-order valence-electron chi connectivity index (χ3n) is 4.53. The molecule has 0 aromatic heterocycles. The maximum absolute atomic E-state index is 13.4. The number of aromatic carboxylic acids is 1. The second-order valence-corrected chi connectivity index (χ2v) is 8.46. The van der Waals surface area contributed by atoms with Crippen molar-refractivity contribution in [3.05, 3.63) is 95.3 Å². The lowest BCUT2D eigenvalue weighted by Gasteiger charge is -2.23. The molecule has 0 spiro atoms. The van der Waals surface area contributed by atoms with Gasteiger partial charge in [0.05, 0.1) is 17.6 Å². The van der Waals surface area contributed by atoms with Gasteiger partial charge < -0.3 is 9.84 Å². The van der Waals surface area contributed by atoms with Crippen LogP contribution in [0.15, 0.2) is 77.7 Å². The van der Waals surface area contributed by atoms with Gasteiger partial charge in [-0.25, -0.2) is 17.6 Å². The number of carboxylic acids is 1. The number of hydrogen-bond acceptors (Lipinski definition) is 4. The van der Waals surface area contributed by atoms with Crippen molar-refractivity contribution in [1.29, 1.82) is 0 Å². The highest BCUT2D eigenvalue weighted by Gasteiger charge is 2.29. The SMILES string of the molecule is COc1ccc(CN(Cc2ccc(F)cc2)S(=O)(=O)c2ccccc2C(=O)O)cc1. The maximum atomic E-state index is 13.4. The first-order valence-corrected chi connectivity index (χ1v) is 10.4. The van der Waals surface area contributed by atoms with E-state index in [1.165, 1.54) is 59.9 Å². The van der Waals surface area contributed by atoms with E-state index in [0.717, 1.165) is 0 Å². The Morgan fingerprint density at radius 1 is 0.933 bits per heavy atom. The standard InChI is InChI=1S/C22H20FNO5S/c1-29-19-12-8-17(9-13-19)15-24(14-16-6-10-18(23)11-7-16)30(27,28)21-5-3-2-4-20(21)22(25)26/h2-13H,14-15H2,1H3,(H,25,26). The molecular weight excluding hydrogens is 409 g/mol. The topological polar surface area (TPSA) is 83.9 Å². The summed E-state index contributed by atoms with van der Waals surface area (Å²) >= 11 is 0. The van der Waals surface area contributed by atoms with E-state index in [4.69, 9.17) is 4.74 Å². The third kappa shape index (κ3) is 4.84. The second-order valence-electron chi connectivity index (χ2n) is 6.55. The Balaban J connectivity index is 2.02. The van der Waals surface area contributed by atoms with E-state index in [0.29, 0.717) is 16.9 Å². The van der Waals surface area contributed by atoms with Crippen LogP contribution in [0.4, 0.5) is 4.39 Å². The fourth-order valence-electron chi connectivity index (χ4n) is 2.96. The van der Waals surface area contributed by atoms with Crippen LogP contribution in [0.2, 0.25) is 0 Å². The number of carbonyl (C=O) groups is 1. The Kier molecular flexibility index (Phi) is 6.49. The van der Waals surface area contributed by atoms with Crippen LogP contribution in [0, 0.1) is 5.82 Å². The van der Waals surface area contributed by atoms with Crippen LogP contribution in [0.5, 0.6) is 5.75 Å². The van der Waals surface area contributed by atoms with E-state index in [1.54, 1.807) is 24.3 Å². The molecule has 8 heteroatoms. The molecule has 0 bridgehead atoms. The number of benzene rings is 3. The molecule has 0 saturated carbocycles. The van der Waals surface area contributed by atoms with Gasteiger partial charge in [0.1, 0.15) is 11.6 Å². The van der Waals surface area contributed by atoms with Crippen molar-refractivity contribution in [2.24, 2.45) is 0 Å². The minimum atomic E-state index is -4.17. The molecule has 3 aromatic carbocycles. The van der Waals surface area contributed by atoms with Crippen LogP contribution in [-0.4, -0.2) is 30.9 Å². The lowest BCUT2D eigenvalue weighted by atomic mass is 10.2. The quantitative estimate of drug-likeness (QED) is 0.587. The Labute approximate surface area is 174 Å². The molecule has 1 N–H and O–H groups in total. The molecule has 0 fully saturated rings. The molecule has 0 radical (unpaired) electrons. The summed E-state index contributed by atoms with van der Waals surface area (Å²) in [5.74, 6) is -1.14. The van der Waals surface area contributed by atoms with Gasteiger partial charge in [0, 0.05) is 13.1 Å². The molecule has 0 aliphatic carbocycles. The van der Waals surface area contributed by atoms with Crippen LogP contribution in [0.3, 0.4) is 0 Å². The first kappa shape index (κ1) is 21.5. The van der Waals surface area contributed by atoms with Crippen LogP contribution in [0.25, 0.3) is 0 Å². The first-order chi connectivity index (χ1) is 14.3. The van der Waals surface area contributed by atoms with Crippen molar-refractivity contribution in [1.82, 2.24) is 4.31 Å². The van der Waals surface area contributed by atoms with Crippen LogP contribution in [-0.2, 0) is 23.1 Å². The molecule has 0 atom stereocenters. The zero-order valence-corrected chi connectivity index (χ0v) is 17.0. The molecule has 0 aliphatic heterocycles. The van der Waals surface area contributed by atoms with Gasteiger partial charge in [-0.05, 0) is 47.5 Å². The van der Waals surface area contributed by atoms with E-state index in [-0.39, 0.29) is 23.5 Å². The van der Waals surface area contributed by atoms with Gasteiger partial charge in [-0.1, -0.05) is 36.4 Å². The van der Waals surface area contributed by atoms with Gasteiger partial charge in [0.25, 0.3) is 0 Å². The Morgan fingerprint density at radius 2 is 1.47 bits per heavy atom. The summed E-state index contributed by atoms with van der Waals surface area (Å²) in [5.41, 5.74) is 0.951. The number of hydrogen-bond donors (Lipinski definition) is 1. The summed E-state index contributed by atoms with van der Waals surface area (Å²) in [6.45, 7) is -0.0553. The van der Waals surface area contributed by atoms with Crippen molar-refractivity contribution in [3.8, 4) is 5.75 Å². The zero-order chi connectivity index (χ0) is 21.7. The van der Waals surface area contributed by atoms with E-state index < -0.39 is 21.8 Å². The van der Waals surface area contributed by atoms with E-state index in [1.807, 2.05) is 0 Å². The average molecular weight is 429 g/mol. The second kappa shape index (κ2) is 9.06. The van der Waals surface area contributed by atoms with E-state index in [9.17, 15) is 22.7 Å². The van der Waals surface area contributed by atoms with Gasteiger partial charge in [0.15, 0.2) is 0 Å².